The fourth-order valence-corrected chi connectivity index (χ4v) is 1.67. The summed E-state index contributed by atoms with van der Waals surface area (Å²) in [6, 6.07) is 4.56. The highest BCUT2D eigenvalue weighted by Crippen LogP contribution is 2.24. The van der Waals surface area contributed by atoms with Crippen molar-refractivity contribution in [1.29, 1.82) is 0 Å². The van der Waals surface area contributed by atoms with E-state index in [1.54, 1.807) is 12.1 Å². The molecule has 0 heterocycles. The van der Waals surface area contributed by atoms with E-state index in [9.17, 15) is 9.50 Å². The maximum atomic E-state index is 12.9. The zero-order valence-electron chi connectivity index (χ0n) is 8.63. The van der Waals surface area contributed by atoms with Crippen LogP contribution in [-0.2, 0) is 0 Å². The molecule has 1 aromatic carbocycles. The molecule has 0 aliphatic carbocycles. The first kappa shape index (κ1) is 12.4. The van der Waals surface area contributed by atoms with Gasteiger partial charge in [-0.25, -0.2) is 4.39 Å². The molecule has 0 amide bonds. The van der Waals surface area contributed by atoms with Gasteiger partial charge in [-0.05, 0) is 53.4 Å². The van der Waals surface area contributed by atoms with Gasteiger partial charge in [0.1, 0.15) is 5.82 Å². The molecule has 0 aliphatic rings. The van der Waals surface area contributed by atoms with Gasteiger partial charge < -0.3 is 5.11 Å². The Bertz CT molecular complexity index is 363. The van der Waals surface area contributed by atoms with Crippen molar-refractivity contribution in [2.45, 2.75) is 25.9 Å². The van der Waals surface area contributed by atoms with Gasteiger partial charge in [-0.15, -0.1) is 6.58 Å². The van der Waals surface area contributed by atoms with Crippen molar-refractivity contribution < 1.29 is 9.50 Å². The van der Waals surface area contributed by atoms with Crippen LogP contribution < -0.4 is 0 Å². The molecule has 0 bridgehead atoms. The lowest BCUT2D eigenvalue weighted by Gasteiger charge is -2.11. The monoisotopic (exact) mass is 272 g/mol. The minimum atomic E-state index is -0.557. The van der Waals surface area contributed by atoms with Crippen molar-refractivity contribution in [3.05, 3.63) is 46.2 Å². The molecule has 0 radical (unpaired) electrons. The lowest BCUT2D eigenvalue weighted by molar-refractivity contribution is 0.167. The minimum absolute atomic E-state index is 0.314. The maximum Gasteiger partial charge on any atom is 0.137 e. The van der Waals surface area contributed by atoms with Gasteiger partial charge in [0.25, 0.3) is 0 Å². The summed E-state index contributed by atoms with van der Waals surface area (Å²) in [6.07, 6.45) is 0.836. The smallest absolute Gasteiger partial charge is 0.137 e. The van der Waals surface area contributed by atoms with Crippen LogP contribution in [0.3, 0.4) is 0 Å². The van der Waals surface area contributed by atoms with E-state index in [2.05, 4.69) is 22.5 Å². The van der Waals surface area contributed by atoms with Crippen LogP contribution in [0.15, 0.2) is 34.8 Å². The first-order valence-electron chi connectivity index (χ1n) is 4.78. The predicted molar refractivity (Wildman–Crippen MR) is 63.1 cm³/mol. The molecule has 0 fully saturated rings. The second kappa shape index (κ2) is 5.42. The summed E-state index contributed by atoms with van der Waals surface area (Å²) in [4.78, 5) is 0. The first-order valence-corrected chi connectivity index (χ1v) is 5.57. The summed E-state index contributed by atoms with van der Waals surface area (Å²) in [6.45, 7) is 5.70. The second-order valence-electron chi connectivity index (χ2n) is 3.69. The van der Waals surface area contributed by atoms with Crippen molar-refractivity contribution in [3.63, 3.8) is 0 Å². The SMILES string of the molecule is C=C(C)CCC(O)c1ccc(F)c(Br)c1. The molecule has 15 heavy (non-hydrogen) atoms. The highest BCUT2D eigenvalue weighted by molar-refractivity contribution is 9.10. The Hall–Kier alpha value is -0.670. The van der Waals surface area contributed by atoms with E-state index < -0.39 is 6.10 Å². The lowest BCUT2D eigenvalue weighted by Crippen LogP contribution is -1.98. The van der Waals surface area contributed by atoms with E-state index in [1.807, 2.05) is 6.92 Å². The van der Waals surface area contributed by atoms with Gasteiger partial charge in [0, 0.05) is 0 Å². The van der Waals surface area contributed by atoms with Crippen molar-refractivity contribution in [3.8, 4) is 0 Å². The van der Waals surface area contributed by atoms with Gasteiger partial charge >= 0.3 is 0 Å². The number of halogens is 2. The van der Waals surface area contributed by atoms with Gasteiger partial charge in [-0.1, -0.05) is 11.6 Å². The third kappa shape index (κ3) is 3.76. The molecule has 1 aromatic rings. The fraction of sp³-hybridized carbons (Fsp3) is 0.333. The van der Waals surface area contributed by atoms with Gasteiger partial charge in [0.2, 0.25) is 0 Å². The molecule has 0 spiro atoms. The molecule has 0 saturated carbocycles. The van der Waals surface area contributed by atoms with E-state index in [-0.39, 0.29) is 5.82 Å². The van der Waals surface area contributed by atoms with Crippen molar-refractivity contribution in [2.24, 2.45) is 0 Å². The Balaban J connectivity index is 2.69. The van der Waals surface area contributed by atoms with E-state index >= 15 is 0 Å². The van der Waals surface area contributed by atoms with Gasteiger partial charge in [-0.3, -0.25) is 0 Å². The predicted octanol–water partition coefficient (Wildman–Crippen LogP) is 3.98. The molecule has 1 atom stereocenters. The van der Waals surface area contributed by atoms with Crippen LogP contribution in [0.5, 0.6) is 0 Å². The van der Waals surface area contributed by atoms with Crippen molar-refractivity contribution in [2.75, 3.05) is 0 Å². The normalized spacial score (nSPS) is 12.5. The highest BCUT2D eigenvalue weighted by Gasteiger charge is 2.09. The Labute approximate surface area is 97.8 Å². The van der Waals surface area contributed by atoms with Crippen LogP contribution in [0.2, 0.25) is 0 Å². The zero-order chi connectivity index (χ0) is 11.4. The second-order valence-corrected chi connectivity index (χ2v) is 4.54. The highest BCUT2D eigenvalue weighted by atomic mass is 79.9. The molecule has 1 unspecified atom stereocenters. The summed E-state index contributed by atoms with van der Waals surface area (Å²) in [7, 11) is 0. The largest absolute Gasteiger partial charge is 0.388 e. The molecule has 82 valence electrons. The number of benzene rings is 1. The Kier molecular flexibility index (Phi) is 4.48. The average Bonchev–Trinajstić information content (AvgIpc) is 2.18. The minimum Gasteiger partial charge on any atom is -0.388 e. The number of aliphatic hydroxyl groups excluding tert-OH is 1. The summed E-state index contributed by atoms with van der Waals surface area (Å²) in [5.41, 5.74) is 1.76. The molecular formula is C12H14BrFO. The molecule has 1 rings (SSSR count). The number of hydrogen-bond donors (Lipinski definition) is 1. The topological polar surface area (TPSA) is 20.2 Å². The van der Waals surface area contributed by atoms with Crippen LogP contribution in [0.25, 0.3) is 0 Å². The number of hydrogen-bond acceptors (Lipinski definition) is 1. The summed E-state index contributed by atoms with van der Waals surface area (Å²) >= 11 is 3.09. The third-order valence-corrected chi connectivity index (χ3v) is 2.78. The Morgan fingerprint density at radius 2 is 2.27 bits per heavy atom. The molecular weight excluding hydrogens is 259 g/mol. The van der Waals surface area contributed by atoms with Gasteiger partial charge in [0.15, 0.2) is 0 Å². The number of rotatable bonds is 4. The molecule has 1 N–H and O–H groups in total. The molecule has 1 nitrogen and oxygen atoms in total. The number of allylic oxidation sites excluding steroid dienone is 1. The maximum absolute atomic E-state index is 12.9. The van der Waals surface area contributed by atoms with E-state index in [1.165, 1.54) is 6.07 Å². The van der Waals surface area contributed by atoms with Crippen LogP contribution in [0.1, 0.15) is 31.4 Å². The van der Waals surface area contributed by atoms with E-state index in [0.29, 0.717) is 10.9 Å². The number of aliphatic hydroxyl groups is 1. The quantitative estimate of drug-likeness (QED) is 0.823. The Morgan fingerprint density at radius 1 is 1.60 bits per heavy atom. The van der Waals surface area contributed by atoms with Crippen LogP contribution >= 0.6 is 15.9 Å². The fourth-order valence-electron chi connectivity index (χ4n) is 1.27. The standard InChI is InChI=1S/C12H14BrFO/c1-8(2)3-6-12(15)9-4-5-11(14)10(13)7-9/h4-5,7,12,15H,1,3,6H2,2H3. The summed E-state index contributed by atoms with van der Waals surface area (Å²) in [5, 5.41) is 9.80. The Morgan fingerprint density at radius 3 is 2.80 bits per heavy atom. The van der Waals surface area contributed by atoms with Gasteiger partial charge in [0.05, 0.1) is 10.6 Å². The van der Waals surface area contributed by atoms with Crippen LogP contribution in [0.4, 0.5) is 4.39 Å². The molecule has 0 saturated heterocycles. The third-order valence-electron chi connectivity index (χ3n) is 2.17. The average molecular weight is 273 g/mol. The van der Waals surface area contributed by atoms with Crippen molar-refractivity contribution in [1.82, 2.24) is 0 Å². The van der Waals surface area contributed by atoms with Crippen LogP contribution in [0, 0.1) is 5.82 Å². The van der Waals surface area contributed by atoms with Crippen LogP contribution in [-0.4, -0.2) is 5.11 Å². The molecule has 0 aliphatic heterocycles. The zero-order valence-corrected chi connectivity index (χ0v) is 10.2. The van der Waals surface area contributed by atoms with Gasteiger partial charge in [-0.2, -0.15) is 0 Å². The first-order chi connectivity index (χ1) is 7.00. The summed E-state index contributed by atoms with van der Waals surface area (Å²) in [5.74, 6) is -0.314. The van der Waals surface area contributed by atoms with E-state index in [4.69, 9.17) is 0 Å². The van der Waals surface area contributed by atoms with Crippen molar-refractivity contribution >= 4 is 15.9 Å². The summed E-state index contributed by atoms with van der Waals surface area (Å²) < 4.78 is 13.3. The van der Waals surface area contributed by atoms with E-state index in [0.717, 1.165) is 17.6 Å². The lowest BCUT2D eigenvalue weighted by atomic mass is 10.0. The molecule has 0 aromatic heterocycles. The molecule has 3 heteroatoms.